The molecule has 1 aromatic heterocycles. The predicted molar refractivity (Wildman–Crippen MR) is 85.5 cm³/mol. The summed E-state index contributed by atoms with van der Waals surface area (Å²) < 4.78 is 0.730. The quantitative estimate of drug-likeness (QED) is 0.843. The van der Waals surface area contributed by atoms with E-state index >= 15 is 0 Å². The molecule has 2 aromatic rings. The number of amides is 1. The van der Waals surface area contributed by atoms with Crippen molar-refractivity contribution < 1.29 is 4.79 Å². The Labute approximate surface area is 134 Å². The smallest absolute Gasteiger partial charge is 0.226 e. The number of aryl methyl sites for hydroxylation is 1. The Hall–Kier alpha value is -0.620. The first-order chi connectivity index (χ1) is 8.65. The molecule has 1 heterocycles. The first-order valence-corrected chi connectivity index (χ1v) is 7.34. The summed E-state index contributed by atoms with van der Waals surface area (Å²) in [6.45, 7) is 0. The normalized spacial score (nSPS) is 9.79. The molecular formula is C12H11BrCl2N2OS. The number of nitrogens with one attached hydrogen (secondary N) is 1. The molecule has 0 fully saturated rings. The van der Waals surface area contributed by atoms with Crippen molar-refractivity contribution in [3.8, 4) is 0 Å². The fourth-order valence-corrected chi connectivity index (χ4v) is 2.83. The van der Waals surface area contributed by atoms with Gasteiger partial charge >= 0.3 is 0 Å². The number of carbonyl (C=O) groups excluding carboxylic acids is 1. The number of benzene rings is 1. The number of nitrogens with zero attached hydrogens (tertiary/aromatic N) is 1. The summed E-state index contributed by atoms with van der Waals surface area (Å²) in [5, 5.41) is 5.87. The van der Waals surface area contributed by atoms with Crippen molar-refractivity contribution >= 4 is 62.3 Å². The highest BCUT2D eigenvalue weighted by Gasteiger charge is 2.07. The van der Waals surface area contributed by atoms with Gasteiger partial charge in [-0.2, -0.15) is 0 Å². The second-order valence-corrected chi connectivity index (χ2v) is 5.69. The van der Waals surface area contributed by atoms with Gasteiger partial charge < -0.3 is 5.32 Å². The molecule has 2 rings (SSSR count). The van der Waals surface area contributed by atoms with Crippen LogP contribution in [0, 0.1) is 0 Å². The average Bonchev–Trinajstić information content (AvgIpc) is 2.74. The number of carbonyl (C=O) groups is 1. The van der Waals surface area contributed by atoms with Gasteiger partial charge in [-0.3, -0.25) is 4.79 Å². The molecule has 0 aliphatic heterocycles. The van der Waals surface area contributed by atoms with Crippen LogP contribution < -0.4 is 5.32 Å². The van der Waals surface area contributed by atoms with Crippen LogP contribution in [0.15, 0.2) is 34.2 Å². The van der Waals surface area contributed by atoms with Gasteiger partial charge in [0.15, 0.2) is 5.13 Å². The second-order valence-electron chi connectivity index (χ2n) is 3.61. The molecule has 0 aliphatic rings. The van der Waals surface area contributed by atoms with E-state index in [9.17, 15) is 4.79 Å². The van der Waals surface area contributed by atoms with Gasteiger partial charge in [0.2, 0.25) is 5.91 Å². The van der Waals surface area contributed by atoms with Gasteiger partial charge in [0.25, 0.3) is 0 Å². The van der Waals surface area contributed by atoms with Crippen molar-refractivity contribution in [1.29, 1.82) is 0 Å². The van der Waals surface area contributed by atoms with Crippen LogP contribution in [-0.4, -0.2) is 10.9 Å². The minimum absolute atomic E-state index is 0. The third-order valence-corrected chi connectivity index (χ3v) is 4.14. The Balaban J connectivity index is 0.00000180. The van der Waals surface area contributed by atoms with Crippen molar-refractivity contribution in [2.45, 2.75) is 12.8 Å². The maximum absolute atomic E-state index is 11.7. The molecule has 0 radical (unpaired) electrons. The van der Waals surface area contributed by atoms with Gasteiger partial charge in [0.05, 0.1) is 0 Å². The van der Waals surface area contributed by atoms with E-state index in [4.69, 9.17) is 11.6 Å². The molecule has 0 atom stereocenters. The van der Waals surface area contributed by atoms with Gasteiger partial charge in [-0.25, -0.2) is 4.98 Å². The van der Waals surface area contributed by atoms with Crippen molar-refractivity contribution in [1.82, 2.24) is 4.98 Å². The highest BCUT2D eigenvalue weighted by Crippen LogP contribution is 2.20. The van der Waals surface area contributed by atoms with Gasteiger partial charge in [-0.15, -0.1) is 23.7 Å². The number of rotatable bonds is 4. The Morgan fingerprint density at radius 3 is 2.79 bits per heavy atom. The molecule has 0 spiro atoms. The number of thiazole rings is 1. The molecule has 0 saturated heterocycles. The van der Waals surface area contributed by atoms with Crippen LogP contribution in [-0.2, 0) is 11.2 Å². The van der Waals surface area contributed by atoms with Gasteiger partial charge in [-0.05, 0) is 34.0 Å². The lowest BCUT2D eigenvalue weighted by Gasteiger charge is -2.03. The molecule has 19 heavy (non-hydrogen) atoms. The molecule has 3 nitrogen and oxygen atoms in total. The summed E-state index contributed by atoms with van der Waals surface area (Å²) in [5.74, 6) is -0.0585. The third kappa shape index (κ3) is 5.10. The van der Waals surface area contributed by atoms with E-state index in [1.807, 2.05) is 29.6 Å². The van der Waals surface area contributed by atoms with E-state index in [-0.39, 0.29) is 18.3 Å². The molecule has 1 amide bonds. The van der Waals surface area contributed by atoms with Crippen LogP contribution in [0.4, 0.5) is 5.13 Å². The maximum atomic E-state index is 11.7. The SMILES string of the molecule is Cl.O=C(CCc1ccccc1Cl)Nc1nc(Br)cs1. The molecule has 7 heteroatoms. The lowest BCUT2D eigenvalue weighted by atomic mass is 10.1. The Morgan fingerprint density at radius 1 is 1.42 bits per heavy atom. The summed E-state index contributed by atoms with van der Waals surface area (Å²) in [4.78, 5) is 15.8. The van der Waals surface area contributed by atoms with Crippen molar-refractivity contribution in [3.05, 3.63) is 44.8 Å². The fourth-order valence-electron chi connectivity index (χ4n) is 1.44. The number of hydrogen-bond donors (Lipinski definition) is 1. The van der Waals surface area contributed by atoms with Crippen LogP contribution in [0.2, 0.25) is 5.02 Å². The van der Waals surface area contributed by atoms with Crippen LogP contribution in [0.1, 0.15) is 12.0 Å². The van der Waals surface area contributed by atoms with E-state index in [1.54, 1.807) is 0 Å². The van der Waals surface area contributed by atoms with E-state index in [1.165, 1.54) is 11.3 Å². The van der Waals surface area contributed by atoms with Gasteiger partial charge in [-0.1, -0.05) is 29.8 Å². The van der Waals surface area contributed by atoms with Crippen molar-refractivity contribution in [2.24, 2.45) is 0 Å². The highest BCUT2D eigenvalue weighted by molar-refractivity contribution is 9.10. The zero-order valence-corrected chi connectivity index (χ0v) is 13.7. The second kappa shape index (κ2) is 7.85. The zero-order chi connectivity index (χ0) is 13.0. The summed E-state index contributed by atoms with van der Waals surface area (Å²) in [6.07, 6.45) is 1.01. The lowest BCUT2D eigenvalue weighted by Crippen LogP contribution is -2.12. The Bertz CT molecular complexity index is 562. The van der Waals surface area contributed by atoms with Crippen LogP contribution in [0.25, 0.3) is 0 Å². The molecule has 102 valence electrons. The minimum atomic E-state index is -0.0585. The first kappa shape index (κ1) is 16.4. The van der Waals surface area contributed by atoms with E-state index in [2.05, 4.69) is 26.2 Å². The molecule has 0 unspecified atom stereocenters. The van der Waals surface area contributed by atoms with E-state index in [0.717, 1.165) is 10.2 Å². The maximum Gasteiger partial charge on any atom is 0.226 e. The Morgan fingerprint density at radius 2 is 2.16 bits per heavy atom. The first-order valence-electron chi connectivity index (χ1n) is 5.29. The number of anilines is 1. The van der Waals surface area contributed by atoms with Crippen LogP contribution >= 0.6 is 51.3 Å². The van der Waals surface area contributed by atoms with E-state index < -0.39 is 0 Å². The summed E-state index contributed by atoms with van der Waals surface area (Å²) >= 11 is 10.6. The Kier molecular flexibility index (Phi) is 6.79. The topological polar surface area (TPSA) is 42.0 Å². The average molecular weight is 382 g/mol. The largest absolute Gasteiger partial charge is 0.302 e. The minimum Gasteiger partial charge on any atom is -0.302 e. The molecular weight excluding hydrogens is 371 g/mol. The monoisotopic (exact) mass is 380 g/mol. The molecule has 1 aromatic carbocycles. The summed E-state index contributed by atoms with van der Waals surface area (Å²) in [6, 6.07) is 7.54. The standard InChI is InChI=1S/C12H10BrClN2OS.ClH/c13-10-7-18-12(15-10)16-11(17)6-5-8-3-1-2-4-9(8)14;/h1-4,7H,5-6H2,(H,15,16,17);1H. The van der Waals surface area contributed by atoms with Gasteiger partial charge in [0.1, 0.15) is 4.60 Å². The van der Waals surface area contributed by atoms with Crippen LogP contribution in [0.3, 0.4) is 0 Å². The van der Waals surface area contributed by atoms with Crippen molar-refractivity contribution in [3.63, 3.8) is 0 Å². The predicted octanol–water partition coefficient (Wildman–Crippen LogP) is 4.55. The van der Waals surface area contributed by atoms with Crippen LogP contribution in [0.5, 0.6) is 0 Å². The fraction of sp³-hybridized carbons (Fsp3) is 0.167. The number of halogens is 3. The zero-order valence-electron chi connectivity index (χ0n) is 9.73. The van der Waals surface area contributed by atoms with Crippen molar-refractivity contribution in [2.75, 3.05) is 5.32 Å². The molecule has 0 aliphatic carbocycles. The molecule has 1 N–H and O–H groups in total. The lowest BCUT2D eigenvalue weighted by molar-refractivity contribution is -0.116. The number of hydrogen-bond acceptors (Lipinski definition) is 3. The highest BCUT2D eigenvalue weighted by atomic mass is 79.9. The number of aromatic nitrogens is 1. The van der Waals surface area contributed by atoms with Gasteiger partial charge in [0, 0.05) is 16.8 Å². The molecule has 0 saturated carbocycles. The van der Waals surface area contributed by atoms with E-state index in [0.29, 0.717) is 23.0 Å². The summed E-state index contributed by atoms with van der Waals surface area (Å²) in [7, 11) is 0. The molecule has 0 bridgehead atoms. The summed E-state index contributed by atoms with van der Waals surface area (Å²) in [5.41, 5.74) is 0.981. The third-order valence-electron chi connectivity index (χ3n) is 2.30.